The van der Waals surface area contributed by atoms with E-state index in [-0.39, 0.29) is 16.8 Å². The van der Waals surface area contributed by atoms with Crippen molar-refractivity contribution in [3.8, 4) is 0 Å². The smallest absolute Gasteiger partial charge is 0.262 e. The molecule has 0 aromatic heterocycles. The van der Waals surface area contributed by atoms with Gasteiger partial charge in [0, 0.05) is 40.4 Å². The molecule has 0 radical (unpaired) electrons. The predicted octanol–water partition coefficient (Wildman–Crippen LogP) is 2.63. The monoisotopic (exact) mass is 395 g/mol. The fourth-order valence-corrected chi connectivity index (χ4v) is 4.13. The number of hydrogen-bond acceptors (Lipinski definition) is 4. The summed E-state index contributed by atoms with van der Waals surface area (Å²) >= 11 is 3.13. The van der Waals surface area contributed by atoms with Gasteiger partial charge in [-0.3, -0.25) is 4.79 Å². The Bertz CT molecular complexity index is 646. The van der Waals surface area contributed by atoms with E-state index < -0.39 is 9.05 Å². The van der Waals surface area contributed by atoms with Crippen molar-refractivity contribution in [3.05, 3.63) is 28.2 Å². The van der Waals surface area contributed by atoms with Gasteiger partial charge in [0.05, 0.1) is 11.5 Å². The number of benzene rings is 1. The molecule has 0 spiro atoms. The summed E-state index contributed by atoms with van der Waals surface area (Å²) in [5, 5.41) is 0. The predicted molar refractivity (Wildman–Crippen MR) is 83.1 cm³/mol. The summed E-state index contributed by atoms with van der Waals surface area (Å²) in [5.74, 6) is -0.205. The Morgan fingerprint density at radius 3 is 2.67 bits per heavy atom. The highest BCUT2D eigenvalue weighted by molar-refractivity contribution is 9.10. The molecular formula is C13H15BrClNO4S. The number of halogens is 2. The first kappa shape index (κ1) is 16.7. The number of methoxy groups -OCH3 is 1. The summed E-state index contributed by atoms with van der Waals surface area (Å²) in [6, 6.07) is 4.62. The lowest BCUT2D eigenvalue weighted by Gasteiger charge is -2.22. The SMILES string of the molecule is COCCN(C(=O)c1ccc(Br)c(S(=O)(=O)Cl)c1)C1CC1. The number of carbonyl (C=O) groups excluding carboxylic acids is 1. The van der Waals surface area contributed by atoms with Crippen LogP contribution in [0.1, 0.15) is 23.2 Å². The van der Waals surface area contributed by atoms with E-state index in [4.69, 9.17) is 15.4 Å². The normalized spacial score (nSPS) is 15.0. The molecule has 1 aliphatic rings. The minimum atomic E-state index is -3.91. The molecule has 0 heterocycles. The van der Waals surface area contributed by atoms with Crippen LogP contribution in [0, 0.1) is 0 Å². The van der Waals surface area contributed by atoms with E-state index in [1.54, 1.807) is 18.1 Å². The van der Waals surface area contributed by atoms with E-state index in [1.165, 1.54) is 12.1 Å². The maximum absolute atomic E-state index is 12.5. The van der Waals surface area contributed by atoms with Crippen molar-refractivity contribution in [1.29, 1.82) is 0 Å². The van der Waals surface area contributed by atoms with Crippen LogP contribution in [0.3, 0.4) is 0 Å². The Morgan fingerprint density at radius 1 is 1.48 bits per heavy atom. The van der Waals surface area contributed by atoms with Crippen molar-refractivity contribution >= 4 is 41.6 Å². The van der Waals surface area contributed by atoms with E-state index in [0.717, 1.165) is 12.8 Å². The molecule has 0 N–H and O–H groups in total. The second kappa shape index (κ2) is 6.64. The van der Waals surface area contributed by atoms with Gasteiger partial charge in [-0.1, -0.05) is 0 Å². The van der Waals surface area contributed by atoms with Crippen LogP contribution in [0.15, 0.2) is 27.6 Å². The largest absolute Gasteiger partial charge is 0.383 e. The van der Waals surface area contributed by atoms with E-state index in [1.807, 2.05) is 0 Å². The fourth-order valence-electron chi connectivity index (χ4n) is 2.01. The van der Waals surface area contributed by atoms with Gasteiger partial charge in [-0.25, -0.2) is 8.42 Å². The molecule has 5 nitrogen and oxygen atoms in total. The summed E-state index contributed by atoms with van der Waals surface area (Å²) < 4.78 is 28.4. The van der Waals surface area contributed by atoms with Crippen molar-refractivity contribution in [2.24, 2.45) is 0 Å². The van der Waals surface area contributed by atoms with Crippen LogP contribution in [-0.2, 0) is 13.8 Å². The number of nitrogens with zero attached hydrogens (tertiary/aromatic N) is 1. The van der Waals surface area contributed by atoms with Gasteiger partial charge < -0.3 is 9.64 Å². The Labute approximate surface area is 136 Å². The van der Waals surface area contributed by atoms with Crippen molar-refractivity contribution < 1.29 is 17.9 Å². The average molecular weight is 397 g/mol. The van der Waals surface area contributed by atoms with E-state index in [2.05, 4.69) is 15.9 Å². The highest BCUT2D eigenvalue weighted by atomic mass is 79.9. The standard InChI is InChI=1S/C13H15BrClNO4S/c1-20-7-6-16(10-3-4-10)13(17)9-2-5-11(14)12(8-9)21(15,18)19/h2,5,8,10H,3-4,6-7H2,1H3. The highest BCUT2D eigenvalue weighted by Gasteiger charge is 2.33. The van der Waals surface area contributed by atoms with E-state index in [0.29, 0.717) is 23.2 Å². The Balaban J connectivity index is 2.29. The molecular weight excluding hydrogens is 382 g/mol. The molecule has 8 heteroatoms. The van der Waals surface area contributed by atoms with Gasteiger partial charge in [-0.05, 0) is 47.0 Å². The second-order valence-electron chi connectivity index (χ2n) is 4.81. The number of hydrogen-bond donors (Lipinski definition) is 0. The lowest BCUT2D eigenvalue weighted by Crippen LogP contribution is -2.35. The van der Waals surface area contributed by atoms with Gasteiger partial charge in [0.1, 0.15) is 0 Å². The summed E-state index contributed by atoms with van der Waals surface area (Å²) in [6.07, 6.45) is 1.93. The summed E-state index contributed by atoms with van der Waals surface area (Å²) in [4.78, 5) is 14.2. The molecule has 1 saturated carbocycles. The maximum atomic E-state index is 12.5. The third-order valence-electron chi connectivity index (χ3n) is 3.23. The zero-order chi connectivity index (χ0) is 15.6. The van der Waals surface area contributed by atoms with Gasteiger partial charge in [0.25, 0.3) is 15.0 Å². The Hall–Kier alpha value is -0.630. The molecule has 0 atom stereocenters. The van der Waals surface area contributed by atoms with Gasteiger partial charge in [-0.15, -0.1) is 0 Å². The quantitative estimate of drug-likeness (QED) is 0.693. The lowest BCUT2D eigenvalue weighted by atomic mass is 10.2. The molecule has 1 amide bonds. The zero-order valence-corrected chi connectivity index (χ0v) is 14.5. The van der Waals surface area contributed by atoms with Crippen LogP contribution in [0.5, 0.6) is 0 Å². The van der Waals surface area contributed by atoms with Crippen LogP contribution in [0.2, 0.25) is 0 Å². The van der Waals surface area contributed by atoms with E-state index in [9.17, 15) is 13.2 Å². The number of carbonyl (C=O) groups is 1. The van der Waals surface area contributed by atoms with E-state index >= 15 is 0 Å². The molecule has 1 fully saturated rings. The van der Waals surface area contributed by atoms with Crippen LogP contribution >= 0.6 is 26.6 Å². The first-order chi connectivity index (χ1) is 9.84. The number of ether oxygens (including phenoxy) is 1. The molecule has 0 saturated heterocycles. The molecule has 1 aliphatic carbocycles. The minimum Gasteiger partial charge on any atom is -0.383 e. The van der Waals surface area contributed by atoms with Crippen molar-refractivity contribution in [2.75, 3.05) is 20.3 Å². The molecule has 0 bridgehead atoms. The summed E-state index contributed by atoms with van der Waals surface area (Å²) in [5.41, 5.74) is 0.306. The second-order valence-corrected chi connectivity index (χ2v) is 8.19. The number of amides is 1. The van der Waals surface area contributed by atoms with Crippen LogP contribution < -0.4 is 0 Å². The van der Waals surface area contributed by atoms with Crippen LogP contribution in [0.4, 0.5) is 0 Å². The zero-order valence-electron chi connectivity index (χ0n) is 11.4. The molecule has 0 aliphatic heterocycles. The van der Waals surface area contributed by atoms with Gasteiger partial charge in [0.15, 0.2) is 0 Å². The summed E-state index contributed by atoms with van der Waals surface area (Å²) in [7, 11) is 3.05. The third kappa shape index (κ3) is 4.18. The van der Waals surface area contributed by atoms with Gasteiger partial charge in [0.2, 0.25) is 0 Å². The number of rotatable bonds is 6. The lowest BCUT2D eigenvalue weighted by molar-refractivity contribution is 0.0680. The molecule has 2 rings (SSSR count). The Kier molecular flexibility index (Phi) is 5.29. The first-order valence-electron chi connectivity index (χ1n) is 6.38. The first-order valence-corrected chi connectivity index (χ1v) is 9.49. The molecule has 1 aromatic carbocycles. The van der Waals surface area contributed by atoms with Crippen molar-refractivity contribution in [1.82, 2.24) is 4.90 Å². The molecule has 21 heavy (non-hydrogen) atoms. The fraction of sp³-hybridized carbons (Fsp3) is 0.462. The third-order valence-corrected chi connectivity index (χ3v) is 5.54. The van der Waals surface area contributed by atoms with Crippen LogP contribution in [0.25, 0.3) is 0 Å². The van der Waals surface area contributed by atoms with Gasteiger partial charge >= 0.3 is 0 Å². The van der Waals surface area contributed by atoms with Crippen molar-refractivity contribution in [2.45, 2.75) is 23.8 Å². The minimum absolute atomic E-state index is 0.0995. The molecule has 116 valence electrons. The highest BCUT2D eigenvalue weighted by Crippen LogP contribution is 2.30. The van der Waals surface area contributed by atoms with Gasteiger partial charge in [-0.2, -0.15) is 0 Å². The topological polar surface area (TPSA) is 63.7 Å². The Morgan fingerprint density at radius 2 is 2.14 bits per heavy atom. The van der Waals surface area contributed by atoms with Crippen LogP contribution in [-0.4, -0.2) is 45.5 Å². The molecule has 1 aromatic rings. The molecule has 0 unspecified atom stereocenters. The summed E-state index contributed by atoms with van der Waals surface area (Å²) in [6.45, 7) is 0.929. The average Bonchev–Trinajstić information content (AvgIpc) is 3.22. The maximum Gasteiger partial charge on any atom is 0.262 e. The van der Waals surface area contributed by atoms with Crippen molar-refractivity contribution in [3.63, 3.8) is 0 Å².